The molecule has 0 bridgehead atoms. The molecule has 5 heteroatoms. The number of ether oxygens (including phenoxy) is 2. The Balaban J connectivity index is 2.55. The van der Waals surface area contributed by atoms with Gasteiger partial charge in [-0.05, 0) is 20.8 Å². The van der Waals surface area contributed by atoms with Gasteiger partial charge in [-0.1, -0.05) is 0 Å². The molecule has 0 aliphatic carbocycles. The largest absolute Gasteiger partial charge is 0.478 e. The molecule has 1 rings (SSSR count). The maximum Gasteiger partial charge on any atom is 0.221 e. The van der Waals surface area contributed by atoms with Crippen LogP contribution in [-0.4, -0.2) is 36.3 Å². The van der Waals surface area contributed by atoms with E-state index in [0.717, 1.165) is 24.5 Å². The average Bonchev–Trinajstić information content (AvgIpc) is 2.29. The molecular formula is C11H19N3O2. The van der Waals surface area contributed by atoms with Crippen molar-refractivity contribution in [2.75, 3.05) is 31.7 Å². The minimum atomic E-state index is 0.607. The van der Waals surface area contributed by atoms with Gasteiger partial charge in [-0.2, -0.15) is 0 Å². The van der Waals surface area contributed by atoms with Gasteiger partial charge in [0.1, 0.15) is 12.1 Å². The van der Waals surface area contributed by atoms with Crippen LogP contribution in [0.25, 0.3) is 0 Å². The third kappa shape index (κ3) is 3.66. The predicted octanol–water partition coefficient (Wildman–Crippen LogP) is 1.63. The third-order valence-electron chi connectivity index (χ3n) is 2.06. The highest BCUT2D eigenvalue weighted by Gasteiger charge is 2.06. The van der Waals surface area contributed by atoms with E-state index >= 15 is 0 Å². The van der Waals surface area contributed by atoms with Gasteiger partial charge in [0.2, 0.25) is 5.88 Å². The monoisotopic (exact) mass is 225 g/mol. The summed E-state index contributed by atoms with van der Waals surface area (Å²) in [6, 6.07) is 0. The Kier molecular flexibility index (Phi) is 5.56. The number of hydrogen-bond acceptors (Lipinski definition) is 5. The van der Waals surface area contributed by atoms with Crippen molar-refractivity contribution in [1.82, 2.24) is 9.97 Å². The molecule has 0 saturated carbocycles. The molecule has 0 aliphatic heterocycles. The van der Waals surface area contributed by atoms with E-state index in [1.807, 2.05) is 20.8 Å². The summed E-state index contributed by atoms with van der Waals surface area (Å²) < 4.78 is 10.6. The highest BCUT2D eigenvalue weighted by atomic mass is 16.5. The van der Waals surface area contributed by atoms with Crippen molar-refractivity contribution in [1.29, 1.82) is 0 Å². The van der Waals surface area contributed by atoms with Gasteiger partial charge in [0, 0.05) is 13.2 Å². The summed E-state index contributed by atoms with van der Waals surface area (Å²) in [4.78, 5) is 8.23. The molecule has 0 unspecified atom stereocenters. The lowest BCUT2D eigenvalue weighted by Gasteiger charge is -2.11. The summed E-state index contributed by atoms with van der Waals surface area (Å²) in [6.45, 7) is 8.59. The molecule has 0 aliphatic rings. The Morgan fingerprint density at radius 3 is 2.75 bits per heavy atom. The molecule has 0 spiro atoms. The molecule has 1 aromatic heterocycles. The molecule has 0 fully saturated rings. The number of aromatic nitrogens is 2. The molecule has 1 N–H and O–H groups in total. The second-order valence-corrected chi connectivity index (χ2v) is 3.21. The first-order valence-corrected chi connectivity index (χ1v) is 5.55. The number of rotatable bonds is 7. The molecule has 0 aromatic carbocycles. The lowest BCUT2D eigenvalue weighted by Crippen LogP contribution is -2.12. The van der Waals surface area contributed by atoms with Crippen LogP contribution in [0.1, 0.15) is 19.4 Å². The summed E-state index contributed by atoms with van der Waals surface area (Å²) in [5.74, 6) is 1.44. The topological polar surface area (TPSA) is 56.3 Å². The first-order valence-electron chi connectivity index (χ1n) is 5.55. The predicted molar refractivity (Wildman–Crippen MR) is 62.9 cm³/mol. The van der Waals surface area contributed by atoms with Gasteiger partial charge in [0.15, 0.2) is 0 Å². The Hall–Kier alpha value is -1.36. The second-order valence-electron chi connectivity index (χ2n) is 3.21. The van der Waals surface area contributed by atoms with Crippen molar-refractivity contribution in [2.24, 2.45) is 0 Å². The molecule has 90 valence electrons. The normalized spacial score (nSPS) is 10.2. The molecule has 16 heavy (non-hydrogen) atoms. The lowest BCUT2D eigenvalue weighted by atomic mass is 10.3. The van der Waals surface area contributed by atoms with Crippen molar-refractivity contribution in [3.05, 3.63) is 11.9 Å². The summed E-state index contributed by atoms with van der Waals surface area (Å²) in [7, 11) is 0. The standard InChI is InChI=1S/C11H19N3O2/c1-4-15-7-6-12-10-9(3)11(16-5-2)14-8-13-10/h8H,4-7H2,1-3H3,(H,12,13,14). The molecule has 0 atom stereocenters. The molecule has 0 radical (unpaired) electrons. The Bertz CT molecular complexity index is 318. The summed E-state index contributed by atoms with van der Waals surface area (Å²) in [5.41, 5.74) is 0.931. The minimum absolute atomic E-state index is 0.607. The Labute approximate surface area is 96.2 Å². The van der Waals surface area contributed by atoms with Crippen LogP contribution in [0.5, 0.6) is 5.88 Å². The molecular weight excluding hydrogens is 206 g/mol. The quantitative estimate of drug-likeness (QED) is 0.715. The molecule has 1 aromatic rings. The van der Waals surface area contributed by atoms with E-state index in [1.54, 1.807) is 0 Å². The van der Waals surface area contributed by atoms with Gasteiger partial charge in [0.25, 0.3) is 0 Å². The zero-order valence-electron chi connectivity index (χ0n) is 10.1. The van der Waals surface area contributed by atoms with E-state index in [0.29, 0.717) is 19.1 Å². The van der Waals surface area contributed by atoms with Crippen LogP contribution in [0.2, 0.25) is 0 Å². The number of hydrogen-bond donors (Lipinski definition) is 1. The van der Waals surface area contributed by atoms with Gasteiger partial charge < -0.3 is 14.8 Å². The van der Waals surface area contributed by atoms with Crippen LogP contribution in [0.15, 0.2) is 6.33 Å². The molecule has 1 heterocycles. The first kappa shape index (κ1) is 12.7. The second kappa shape index (κ2) is 7.00. The van der Waals surface area contributed by atoms with Gasteiger partial charge in [-0.15, -0.1) is 0 Å². The Morgan fingerprint density at radius 2 is 2.06 bits per heavy atom. The van der Waals surface area contributed by atoms with E-state index < -0.39 is 0 Å². The average molecular weight is 225 g/mol. The Morgan fingerprint density at radius 1 is 1.25 bits per heavy atom. The summed E-state index contributed by atoms with van der Waals surface area (Å²) in [5, 5.41) is 3.19. The number of nitrogens with one attached hydrogen (secondary N) is 1. The van der Waals surface area contributed by atoms with E-state index in [9.17, 15) is 0 Å². The maximum absolute atomic E-state index is 5.38. The van der Waals surface area contributed by atoms with Crippen molar-refractivity contribution in [3.8, 4) is 5.88 Å². The SMILES string of the molecule is CCOCCNc1ncnc(OCC)c1C. The summed E-state index contributed by atoms with van der Waals surface area (Å²) >= 11 is 0. The van der Waals surface area contributed by atoms with Crippen LogP contribution in [0, 0.1) is 6.92 Å². The van der Waals surface area contributed by atoms with Crippen LogP contribution >= 0.6 is 0 Å². The van der Waals surface area contributed by atoms with Crippen LogP contribution in [0.4, 0.5) is 5.82 Å². The highest BCUT2D eigenvalue weighted by molar-refractivity contribution is 5.47. The fourth-order valence-electron chi connectivity index (χ4n) is 1.28. The van der Waals surface area contributed by atoms with E-state index in [-0.39, 0.29) is 0 Å². The highest BCUT2D eigenvalue weighted by Crippen LogP contribution is 2.19. The fourth-order valence-corrected chi connectivity index (χ4v) is 1.28. The first-order chi connectivity index (χ1) is 7.79. The zero-order chi connectivity index (χ0) is 11.8. The minimum Gasteiger partial charge on any atom is -0.478 e. The third-order valence-corrected chi connectivity index (χ3v) is 2.06. The van der Waals surface area contributed by atoms with Crippen molar-refractivity contribution in [2.45, 2.75) is 20.8 Å². The van der Waals surface area contributed by atoms with Crippen LogP contribution in [0.3, 0.4) is 0 Å². The number of anilines is 1. The maximum atomic E-state index is 5.38. The van der Waals surface area contributed by atoms with Gasteiger partial charge in [-0.3, -0.25) is 0 Å². The fraction of sp³-hybridized carbons (Fsp3) is 0.636. The van der Waals surface area contributed by atoms with Crippen LogP contribution < -0.4 is 10.1 Å². The van der Waals surface area contributed by atoms with Crippen molar-refractivity contribution in [3.63, 3.8) is 0 Å². The van der Waals surface area contributed by atoms with Gasteiger partial charge in [0.05, 0.1) is 18.8 Å². The number of nitrogens with zero attached hydrogens (tertiary/aromatic N) is 2. The van der Waals surface area contributed by atoms with Gasteiger partial charge in [-0.25, -0.2) is 9.97 Å². The smallest absolute Gasteiger partial charge is 0.221 e. The molecule has 0 amide bonds. The van der Waals surface area contributed by atoms with E-state index in [2.05, 4.69) is 15.3 Å². The summed E-state index contributed by atoms with van der Waals surface area (Å²) in [6.07, 6.45) is 1.50. The van der Waals surface area contributed by atoms with E-state index in [1.165, 1.54) is 6.33 Å². The van der Waals surface area contributed by atoms with E-state index in [4.69, 9.17) is 9.47 Å². The zero-order valence-corrected chi connectivity index (χ0v) is 10.1. The van der Waals surface area contributed by atoms with Crippen molar-refractivity contribution >= 4 is 5.82 Å². The van der Waals surface area contributed by atoms with Gasteiger partial charge >= 0.3 is 0 Å². The molecule has 5 nitrogen and oxygen atoms in total. The van der Waals surface area contributed by atoms with Crippen molar-refractivity contribution < 1.29 is 9.47 Å². The lowest BCUT2D eigenvalue weighted by molar-refractivity contribution is 0.158. The van der Waals surface area contributed by atoms with Crippen LogP contribution in [-0.2, 0) is 4.74 Å². The molecule has 0 saturated heterocycles.